The monoisotopic (exact) mass is 304 g/mol. The molecule has 1 aliphatic heterocycles. The maximum atomic E-state index is 12.2. The van der Waals surface area contributed by atoms with Gasteiger partial charge in [-0.15, -0.1) is 0 Å². The molecule has 1 fully saturated rings. The number of methoxy groups -OCH3 is 1. The van der Waals surface area contributed by atoms with Gasteiger partial charge in [-0.2, -0.15) is 0 Å². The Morgan fingerprint density at radius 3 is 2.95 bits per heavy atom. The Labute approximate surface area is 131 Å². The number of anilines is 1. The number of rotatable bonds is 7. The van der Waals surface area contributed by atoms with Crippen molar-refractivity contribution in [2.24, 2.45) is 5.92 Å². The summed E-state index contributed by atoms with van der Waals surface area (Å²) in [6, 6.07) is 7.36. The van der Waals surface area contributed by atoms with Gasteiger partial charge in [0.1, 0.15) is 5.75 Å². The summed E-state index contributed by atoms with van der Waals surface area (Å²) in [5.74, 6) is 0.412. The number of nitrogens with zero attached hydrogens (tertiary/aromatic N) is 1. The molecule has 2 amide bonds. The van der Waals surface area contributed by atoms with E-state index in [0.717, 1.165) is 24.9 Å². The lowest BCUT2D eigenvalue weighted by molar-refractivity contribution is -0.126. The molecule has 0 bridgehead atoms. The minimum absolute atomic E-state index is 0.0121. The summed E-state index contributed by atoms with van der Waals surface area (Å²) in [6.45, 7) is 3.26. The van der Waals surface area contributed by atoms with Crippen molar-refractivity contribution in [3.63, 3.8) is 0 Å². The average molecular weight is 304 g/mol. The third-order valence-electron chi connectivity index (χ3n) is 3.94. The first-order chi connectivity index (χ1) is 10.7. The number of amides is 2. The van der Waals surface area contributed by atoms with Gasteiger partial charge in [-0.1, -0.05) is 25.8 Å². The van der Waals surface area contributed by atoms with Crippen molar-refractivity contribution in [2.75, 3.05) is 25.1 Å². The van der Waals surface area contributed by atoms with Crippen molar-refractivity contribution in [3.8, 4) is 5.75 Å². The summed E-state index contributed by atoms with van der Waals surface area (Å²) >= 11 is 0. The molecule has 1 aliphatic rings. The highest BCUT2D eigenvalue weighted by atomic mass is 16.5. The molecule has 120 valence electrons. The fourth-order valence-electron chi connectivity index (χ4n) is 2.64. The standard InChI is InChI=1S/C17H24N2O3/c1-3-4-5-9-18-17(21)13-10-16(20)19(12-13)14-7-6-8-15(11-14)22-2/h6-8,11,13H,3-5,9-10,12H2,1-2H3,(H,18,21)/t13-/m0/s1. The fraction of sp³-hybridized carbons (Fsp3) is 0.529. The second kappa shape index (κ2) is 7.82. The van der Waals surface area contributed by atoms with Gasteiger partial charge in [-0.05, 0) is 18.6 Å². The van der Waals surface area contributed by atoms with Crippen LogP contribution in [0.3, 0.4) is 0 Å². The lowest BCUT2D eigenvalue weighted by Gasteiger charge is -2.17. The van der Waals surface area contributed by atoms with Gasteiger partial charge in [0.2, 0.25) is 11.8 Å². The van der Waals surface area contributed by atoms with Crippen LogP contribution in [0.1, 0.15) is 32.6 Å². The number of hydrogen-bond acceptors (Lipinski definition) is 3. The van der Waals surface area contributed by atoms with Crippen molar-refractivity contribution < 1.29 is 14.3 Å². The minimum Gasteiger partial charge on any atom is -0.497 e. The summed E-state index contributed by atoms with van der Waals surface area (Å²) in [4.78, 5) is 26.0. The van der Waals surface area contributed by atoms with E-state index in [-0.39, 0.29) is 24.2 Å². The molecule has 1 atom stereocenters. The summed E-state index contributed by atoms with van der Waals surface area (Å²) < 4.78 is 5.18. The van der Waals surface area contributed by atoms with Crippen LogP contribution in [0.2, 0.25) is 0 Å². The van der Waals surface area contributed by atoms with Crippen LogP contribution in [0.15, 0.2) is 24.3 Å². The molecule has 0 saturated carbocycles. The van der Waals surface area contributed by atoms with Crippen LogP contribution in [0.25, 0.3) is 0 Å². The third-order valence-corrected chi connectivity index (χ3v) is 3.94. The molecular weight excluding hydrogens is 280 g/mol. The predicted molar refractivity (Wildman–Crippen MR) is 86.0 cm³/mol. The molecule has 0 unspecified atom stereocenters. The topological polar surface area (TPSA) is 58.6 Å². The van der Waals surface area contributed by atoms with Gasteiger partial charge in [0.15, 0.2) is 0 Å². The van der Waals surface area contributed by atoms with E-state index in [1.165, 1.54) is 0 Å². The maximum Gasteiger partial charge on any atom is 0.227 e. The lowest BCUT2D eigenvalue weighted by Crippen LogP contribution is -2.33. The minimum atomic E-state index is -0.264. The van der Waals surface area contributed by atoms with Crippen molar-refractivity contribution in [2.45, 2.75) is 32.6 Å². The zero-order chi connectivity index (χ0) is 15.9. The van der Waals surface area contributed by atoms with E-state index in [9.17, 15) is 9.59 Å². The van der Waals surface area contributed by atoms with E-state index in [1.54, 1.807) is 12.0 Å². The smallest absolute Gasteiger partial charge is 0.227 e. The molecule has 1 aromatic carbocycles. The Balaban J connectivity index is 1.93. The molecule has 5 heteroatoms. The van der Waals surface area contributed by atoms with Gasteiger partial charge in [0, 0.05) is 31.3 Å². The number of carbonyl (C=O) groups is 2. The quantitative estimate of drug-likeness (QED) is 0.787. The van der Waals surface area contributed by atoms with Gasteiger partial charge < -0.3 is 15.0 Å². The molecule has 0 aromatic heterocycles. The lowest BCUT2D eigenvalue weighted by atomic mass is 10.1. The molecule has 5 nitrogen and oxygen atoms in total. The molecule has 1 saturated heterocycles. The Morgan fingerprint density at radius 2 is 2.23 bits per heavy atom. The normalized spacial score (nSPS) is 17.6. The van der Waals surface area contributed by atoms with Crippen molar-refractivity contribution in [3.05, 3.63) is 24.3 Å². The van der Waals surface area contributed by atoms with Crippen LogP contribution in [-0.4, -0.2) is 32.0 Å². The summed E-state index contributed by atoms with van der Waals surface area (Å²) in [6.07, 6.45) is 3.50. The first kappa shape index (κ1) is 16.3. The summed E-state index contributed by atoms with van der Waals surface area (Å²) in [5.41, 5.74) is 0.783. The van der Waals surface area contributed by atoms with Crippen LogP contribution in [0, 0.1) is 5.92 Å². The first-order valence-electron chi connectivity index (χ1n) is 7.87. The van der Waals surface area contributed by atoms with Crippen LogP contribution >= 0.6 is 0 Å². The van der Waals surface area contributed by atoms with Crippen LogP contribution < -0.4 is 15.0 Å². The molecule has 0 aliphatic carbocycles. The highest BCUT2D eigenvalue weighted by molar-refractivity contribution is 6.00. The third kappa shape index (κ3) is 4.00. The van der Waals surface area contributed by atoms with E-state index in [4.69, 9.17) is 4.74 Å². The number of nitrogens with one attached hydrogen (secondary N) is 1. The van der Waals surface area contributed by atoms with Crippen LogP contribution in [0.4, 0.5) is 5.69 Å². The molecule has 1 aromatic rings. The second-order valence-electron chi connectivity index (χ2n) is 5.61. The number of benzene rings is 1. The summed E-state index contributed by atoms with van der Waals surface area (Å²) in [7, 11) is 1.59. The van der Waals surface area contributed by atoms with E-state index in [0.29, 0.717) is 18.8 Å². The summed E-state index contributed by atoms with van der Waals surface area (Å²) in [5, 5.41) is 2.93. The van der Waals surface area contributed by atoms with Crippen molar-refractivity contribution in [1.29, 1.82) is 0 Å². The molecule has 1 heterocycles. The highest BCUT2D eigenvalue weighted by Crippen LogP contribution is 2.27. The van der Waals surface area contributed by atoms with E-state index < -0.39 is 0 Å². The van der Waals surface area contributed by atoms with Gasteiger partial charge in [-0.3, -0.25) is 9.59 Å². The van der Waals surface area contributed by atoms with Crippen molar-refractivity contribution in [1.82, 2.24) is 5.32 Å². The number of ether oxygens (including phenoxy) is 1. The van der Waals surface area contributed by atoms with E-state index in [2.05, 4.69) is 12.2 Å². The molecule has 1 N–H and O–H groups in total. The second-order valence-corrected chi connectivity index (χ2v) is 5.61. The average Bonchev–Trinajstić information content (AvgIpc) is 2.93. The Kier molecular flexibility index (Phi) is 5.81. The zero-order valence-corrected chi connectivity index (χ0v) is 13.3. The molecule has 0 radical (unpaired) electrons. The zero-order valence-electron chi connectivity index (χ0n) is 13.3. The Hall–Kier alpha value is -2.04. The van der Waals surface area contributed by atoms with Crippen LogP contribution in [-0.2, 0) is 9.59 Å². The number of hydrogen-bond donors (Lipinski definition) is 1. The largest absolute Gasteiger partial charge is 0.497 e. The van der Waals surface area contributed by atoms with E-state index >= 15 is 0 Å². The molecular formula is C17H24N2O3. The van der Waals surface area contributed by atoms with Crippen LogP contribution in [0.5, 0.6) is 5.75 Å². The Bertz CT molecular complexity index is 530. The Morgan fingerprint density at radius 1 is 1.41 bits per heavy atom. The predicted octanol–water partition coefficient (Wildman–Crippen LogP) is 2.35. The highest BCUT2D eigenvalue weighted by Gasteiger charge is 2.35. The number of unbranched alkanes of at least 4 members (excludes halogenated alkanes) is 2. The molecule has 22 heavy (non-hydrogen) atoms. The van der Waals surface area contributed by atoms with Gasteiger partial charge in [0.25, 0.3) is 0 Å². The molecule has 0 spiro atoms. The SMILES string of the molecule is CCCCCNC(=O)[C@H]1CC(=O)N(c2cccc(OC)c2)C1. The van der Waals surface area contributed by atoms with Gasteiger partial charge in [0.05, 0.1) is 13.0 Å². The maximum absolute atomic E-state index is 12.2. The van der Waals surface area contributed by atoms with Crippen molar-refractivity contribution >= 4 is 17.5 Å². The van der Waals surface area contributed by atoms with Gasteiger partial charge in [-0.25, -0.2) is 0 Å². The van der Waals surface area contributed by atoms with Gasteiger partial charge >= 0.3 is 0 Å². The first-order valence-corrected chi connectivity index (χ1v) is 7.87. The number of carbonyl (C=O) groups excluding carboxylic acids is 2. The molecule has 2 rings (SSSR count). The fourth-order valence-corrected chi connectivity index (χ4v) is 2.64. The van der Waals surface area contributed by atoms with E-state index in [1.807, 2.05) is 24.3 Å².